The standard InChI is InChI=1S/C56H62O10/c1-41-50(59-34-43-23-11-4-12-24-43)51(60-35-44-25-13-5-14-26-44)48(39-58-33-42-21-9-3-10-22-42)65-55(41)64-40-49-52(61-36-45-27-15-6-16-28-45)53(62-37-46-29-17-7-18-30-46)54(56(57-2)66-49)63-38-47-31-19-8-20-32-47/h3-32,41,48-56H,33-40H2,1-2H3/t41-,48-,49-,50-,51-,52-,53+,54-,55+,56+/m1/s1. The van der Waals surface area contributed by atoms with Crippen LogP contribution >= 0.6 is 0 Å². The molecule has 8 rings (SSSR count). The topological polar surface area (TPSA) is 92.3 Å². The van der Waals surface area contributed by atoms with E-state index in [0.717, 1.165) is 33.4 Å². The predicted molar refractivity (Wildman–Crippen MR) is 251 cm³/mol. The monoisotopic (exact) mass is 894 g/mol. The molecule has 10 atom stereocenters. The third-order valence-electron chi connectivity index (χ3n) is 12.0. The number of rotatable bonds is 23. The predicted octanol–water partition coefficient (Wildman–Crippen LogP) is 9.88. The van der Waals surface area contributed by atoms with Crippen LogP contribution in [-0.2, 0) is 87.0 Å². The molecule has 0 N–H and O–H groups in total. The van der Waals surface area contributed by atoms with Crippen molar-refractivity contribution in [3.63, 3.8) is 0 Å². The third-order valence-corrected chi connectivity index (χ3v) is 12.0. The Morgan fingerprint density at radius 3 is 1.06 bits per heavy atom. The van der Waals surface area contributed by atoms with Gasteiger partial charge in [-0.3, -0.25) is 0 Å². The Kier molecular flexibility index (Phi) is 18.1. The quantitative estimate of drug-likeness (QED) is 0.0619. The highest BCUT2D eigenvalue weighted by Crippen LogP contribution is 2.35. The van der Waals surface area contributed by atoms with E-state index < -0.39 is 55.3 Å². The van der Waals surface area contributed by atoms with Crippen molar-refractivity contribution in [2.24, 2.45) is 5.92 Å². The molecule has 346 valence electrons. The molecule has 2 heterocycles. The molecule has 6 aromatic rings. The lowest BCUT2D eigenvalue weighted by molar-refractivity contribution is -0.340. The summed E-state index contributed by atoms with van der Waals surface area (Å²) in [7, 11) is 1.62. The van der Waals surface area contributed by atoms with Gasteiger partial charge in [0.15, 0.2) is 12.6 Å². The summed E-state index contributed by atoms with van der Waals surface area (Å²) in [6.45, 7) is 4.55. The zero-order valence-electron chi connectivity index (χ0n) is 37.8. The van der Waals surface area contributed by atoms with Gasteiger partial charge in [-0.1, -0.05) is 189 Å². The van der Waals surface area contributed by atoms with Crippen molar-refractivity contribution < 1.29 is 47.4 Å². The largest absolute Gasteiger partial charge is 0.374 e. The summed E-state index contributed by atoms with van der Waals surface area (Å²) in [5.74, 6) is -0.280. The molecule has 0 unspecified atom stereocenters. The SMILES string of the molecule is CO[C@H]1O[C@H](CO[C@H]2O[C@H](COCc3ccccc3)[C@@H](OCc3ccccc3)[C@H](OCc3ccccc3)[C@H]2C)[C@@H](OCc2ccccc2)[C@H](OCc2ccccc2)[C@H]1OCc1ccccc1. The van der Waals surface area contributed by atoms with Crippen molar-refractivity contribution in [2.45, 2.75) is 102 Å². The van der Waals surface area contributed by atoms with E-state index in [9.17, 15) is 0 Å². The summed E-state index contributed by atoms with van der Waals surface area (Å²) < 4.78 is 67.2. The molecule has 10 heteroatoms. The van der Waals surface area contributed by atoms with Gasteiger partial charge in [0.05, 0.1) is 59.0 Å². The highest BCUT2D eigenvalue weighted by Gasteiger charge is 2.51. The summed E-state index contributed by atoms with van der Waals surface area (Å²) in [6, 6.07) is 60.6. The molecule has 0 aromatic heterocycles. The molecule has 2 aliphatic rings. The minimum absolute atomic E-state index is 0.0868. The van der Waals surface area contributed by atoms with Gasteiger partial charge in [0.2, 0.25) is 0 Å². The molecule has 0 aliphatic carbocycles. The number of hydrogen-bond acceptors (Lipinski definition) is 10. The highest BCUT2D eigenvalue weighted by molar-refractivity contribution is 5.18. The summed E-state index contributed by atoms with van der Waals surface area (Å²) >= 11 is 0. The van der Waals surface area contributed by atoms with Gasteiger partial charge in [-0.2, -0.15) is 0 Å². The van der Waals surface area contributed by atoms with Crippen molar-refractivity contribution in [2.75, 3.05) is 20.3 Å². The molecule has 6 aromatic carbocycles. The van der Waals surface area contributed by atoms with Crippen LogP contribution in [0.4, 0.5) is 0 Å². The molecule has 66 heavy (non-hydrogen) atoms. The van der Waals surface area contributed by atoms with Gasteiger partial charge in [-0.25, -0.2) is 0 Å². The second-order valence-electron chi connectivity index (χ2n) is 16.8. The zero-order chi connectivity index (χ0) is 45.2. The fourth-order valence-corrected chi connectivity index (χ4v) is 8.47. The van der Waals surface area contributed by atoms with Gasteiger partial charge in [-0.05, 0) is 33.4 Å². The Morgan fingerprint density at radius 2 is 0.652 bits per heavy atom. The van der Waals surface area contributed by atoms with Crippen molar-refractivity contribution in [3.8, 4) is 0 Å². The molecular weight excluding hydrogens is 833 g/mol. The minimum atomic E-state index is -0.804. The molecule has 2 fully saturated rings. The molecular formula is C56H62O10. The van der Waals surface area contributed by atoms with E-state index in [1.54, 1.807) is 7.11 Å². The van der Waals surface area contributed by atoms with Crippen molar-refractivity contribution in [1.82, 2.24) is 0 Å². The Bertz CT molecular complexity index is 2220. The van der Waals surface area contributed by atoms with E-state index in [4.69, 9.17) is 47.4 Å². The van der Waals surface area contributed by atoms with Crippen LogP contribution in [0.3, 0.4) is 0 Å². The van der Waals surface area contributed by atoms with Crippen LogP contribution in [0.5, 0.6) is 0 Å². The first-order valence-electron chi connectivity index (χ1n) is 23.0. The van der Waals surface area contributed by atoms with Gasteiger partial charge in [0.1, 0.15) is 36.6 Å². The molecule has 0 spiro atoms. The Hall–Kier alpha value is -5.08. The van der Waals surface area contributed by atoms with Crippen LogP contribution in [-0.4, -0.2) is 75.6 Å². The normalized spacial score (nSPS) is 25.4. The first-order valence-corrected chi connectivity index (χ1v) is 23.0. The third kappa shape index (κ3) is 13.5. The lowest BCUT2D eigenvalue weighted by Gasteiger charge is -2.47. The molecule has 0 bridgehead atoms. The number of methoxy groups -OCH3 is 1. The lowest BCUT2D eigenvalue weighted by Crippen LogP contribution is -2.62. The Labute approximate surface area is 389 Å². The van der Waals surface area contributed by atoms with Crippen LogP contribution in [0, 0.1) is 5.92 Å². The first kappa shape index (κ1) is 47.4. The van der Waals surface area contributed by atoms with Gasteiger partial charge in [0.25, 0.3) is 0 Å². The van der Waals surface area contributed by atoms with Gasteiger partial charge in [-0.15, -0.1) is 0 Å². The molecule has 10 nitrogen and oxygen atoms in total. The average Bonchev–Trinajstić information content (AvgIpc) is 3.37. The van der Waals surface area contributed by atoms with Crippen LogP contribution in [0.25, 0.3) is 0 Å². The van der Waals surface area contributed by atoms with E-state index in [-0.39, 0.29) is 19.1 Å². The van der Waals surface area contributed by atoms with Crippen LogP contribution in [0.2, 0.25) is 0 Å². The lowest BCUT2D eigenvalue weighted by atomic mass is 9.91. The maximum absolute atomic E-state index is 6.93. The zero-order valence-corrected chi connectivity index (χ0v) is 37.8. The van der Waals surface area contributed by atoms with E-state index in [0.29, 0.717) is 39.6 Å². The summed E-state index contributed by atoms with van der Waals surface area (Å²) in [6.07, 6.45) is -5.56. The van der Waals surface area contributed by atoms with Crippen LogP contribution < -0.4 is 0 Å². The highest BCUT2D eigenvalue weighted by atomic mass is 16.7. The second-order valence-corrected chi connectivity index (χ2v) is 16.8. The Morgan fingerprint density at radius 1 is 0.333 bits per heavy atom. The fraction of sp³-hybridized carbons (Fsp3) is 0.357. The summed E-state index contributed by atoms with van der Waals surface area (Å²) in [4.78, 5) is 0. The second kappa shape index (κ2) is 25.2. The van der Waals surface area contributed by atoms with Crippen molar-refractivity contribution in [3.05, 3.63) is 215 Å². The van der Waals surface area contributed by atoms with E-state index in [2.05, 4.69) is 31.2 Å². The van der Waals surface area contributed by atoms with E-state index in [1.165, 1.54) is 0 Å². The number of hydrogen-bond donors (Lipinski definition) is 0. The fourth-order valence-electron chi connectivity index (χ4n) is 8.47. The maximum Gasteiger partial charge on any atom is 0.186 e. The first-order chi connectivity index (χ1) is 32.6. The summed E-state index contributed by atoms with van der Waals surface area (Å²) in [5.41, 5.74) is 6.21. The Balaban J connectivity index is 1.07. The number of benzene rings is 6. The van der Waals surface area contributed by atoms with Crippen LogP contribution in [0.15, 0.2) is 182 Å². The number of ether oxygens (including phenoxy) is 10. The van der Waals surface area contributed by atoms with Gasteiger partial charge in [0, 0.05) is 13.0 Å². The smallest absolute Gasteiger partial charge is 0.186 e. The average molecular weight is 895 g/mol. The molecule has 0 saturated carbocycles. The molecule has 0 radical (unpaired) electrons. The van der Waals surface area contributed by atoms with Crippen molar-refractivity contribution >= 4 is 0 Å². The van der Waals surface area contributed by atoms with E-state index in [1.807, 2.05) is 158 Å². The maximum atomic E-state index is 6.93. The van der Waals surface area contributed by atoms with Crippen molar-refractivity contribution in [1.29, 1.82) is 0 Å². The van der Waals surface area contributed by atoms with Crippen LogP contribution in [0.1, 0.15) is 40.3 Å². The van der Waals surface area contributed by atoms with Gasteiger partial charge < -0.3 is 47.4 Å². The molecule has 0 amide bonds. The van der Waals surface area contributed by atoms with Gasteiger partial charge >= 0.3 is 0 Å². The van der Waals surface area contributed by atoms with E-state index >= 15 is 0 Å². The molecule has 2 aliphatic heterocycles. The minimum Gasteiger partial charge on any atom is -0.374 e. The summed E-state index contributed by atoms with van der Waals surface area (Å²) in [5, 5.41) is 0. The molecule has 2 saturated heterocycles.